The first kappa shape index (κ1) is 13.7. The zero-order chi connectivity index (χ0) is 14.8. The smallest absolute Gasteiger partial charge is 0.252 e. The quantitative estimate of drug-likeness (QED) is 0.724. The average Bonchev–Trinajstić information content (AvgIpc) is 2.89. The van der Waals surface area contributed by atoms with Crippen LogP contribution in [0, 0.1) is 4.77 Å². The van der Waals surface area contributed by atoms with Gasteiger partial charge in [0.25, 0.3) is 5.56 Å². The molecule has 0 saturated heterocycles. The van der Waals surface area contributed by atoms with Crippen molar-refractivity contribution in [3.8, 4) is 11.3 Å². The summed E-state index contributed by atoms with van der Waals surface area (Å²) < 4.78 is 7.35. The highest BCUT2D eigenvalue weighted by Gasteiger charge is 2.12. The molecule has 7 heteroatoms. The van der Waals surface area contributed by atoms with Crippen LogP contribution in [0.4, 0.5) is 0 Å². The Bertz CT molecular complexity index is 894. The number of hydrogen-bond donors (Lipinski definition) is 2. The number of methoxy groups -OCH3 is 1. The Morgan fingerprint density at radius 2 is 2.33 bits per heavy atom. The standard InChI is InChI=1S/C14H14N4O2S/c1-20-6-5-18-11(7-12(19)17-14(18)21)10-8-16-13-9(10)3-2-4-15-13/h2-4,7-8H,5-6H2,1H3,(H,15,16)(H,17,19,21). The summed E-state index contributed by atoms with van der Waals surface area (Å²) in [6.45, 7) is 1.07. The molecule has 0 fully saturated rings. The fourth-order valence-corrected chi connectivity index (χ4v) is 2.61. The lowest BCUT2D eigenvalue weighted by Crippen LogP contribution is -2.16. The Morgan fingerprint density at radius 1 is 1.48 bits per heavy atom. The number of pyridine rings is 1. The number of hydrogen-bond acceptors (Lipinski definition) is 4. The van der Waals surface area contributed by atoms with E-state index in [1.807, 2.05) is 22.9 Å². The molecular formula is C14H14N4O2S. The van der Waals surface area contributed by atoms with Gasteiger partial charge in [-0.3, -0.25) is 9.78 Å². The largest absolute Gasteiger partial charge is 0.383 e. The monoisotopic (exact) mass is 302 g/mol. The lowest BCUT2D eigenvalue weighted by atomic mass is 10.1. The topological polar surface area (TPSA) is 75.7 Å². The minimum atomic E-state index is -0.220. The Balaban J connectivity index is 2.26. The van der Waals surface area contributed by atoms with E-state index >= 15 is 0 Å². The van der Waals surface area contributed by atoms with E-state index in [-0.39, 0.29) is 5.56 Å². The zero-order valence-corrected chi connectivity index (χ0v) is 12.2. The van der Waals surface area contributed by atoms with Gasteiger partial charge in [0.15, 0.2) is 4.77 Å². The van der Waals surface area contributed by atoms with Gasteiger partial charge in [-0.2, -0.15) is 0 Å². The number of nitrogens with zero attached hydrogens (tertiary/aromatic N) is 2. The first-order valence-electron chi connectivity index (χ1n) is 6.46. The number of rotatable bonds is 4. The number of nitrogens with one attached hydrogen (secondary N) is 2. The molecular weight excluding hydrogens is 288 g/mol. The van der Waals surface area contributed by atoms with Crippen molar-refractivity contribution in [3.63, 3.8) is 0 Å². The molecule has 108 valence electrons. The summed E-state index contributed by atoms with van der Waals surface area (Å²) in [6.07, 6.45) is 3.56. The van der Waals surface area contributed by atoms with Gasteiger partial charge in [-0.1, -0.05) is 0 Å². The predicted molar refractivity (Wildman–Crippen MR) is 82.9 cm³/mol. The third-order valence-electron chi connectivity index (χ3n) is 3.28. The Hall–Kier alpha value is -2.25. The van der Waals surface area contributed by atoms with Gasteiger partial charge < -0.3 is 14.3 Å². The molecule has 0 aliphatic rings. The SMILES string of the molecule is COCCn1c(-c2c[nH]c3ncccc23)cc(=O)[nH]c1=S. The third kappa shape index (κ3) is 2.53. The summed E-state index contributed by atoms with van der Waals surface area (Å²) >= 11 is 5.26. The predicted octanol–water partition coefficient (Wildman–Crippen LogP) is 2.10. The van der Waals surface area contributed by atoms with E-state index in [0.717, 1.165) is 22.3 Å². The third-order valence-corrected chi connectivity index (χ3v) is 3.60. The summed E-state index contributed by atoms with van der Waals surface area (Å²) in [4.78, 5) is 21.8. The zero-order valence-electron chi connectivity index (χ0n) is 11.4. The molecule has 0 bridgehead atoms. The lowest BCUT2D eigenvalue weighted by Gasteiger charge is -2.12. The highest BCUT2D eigenvalue weighted by molar-refractivity contribution is 7.71. The van der Waals surface area contributed by atoms with E-state index in [4.69, 9.17) is 17.0 Å². The van der Waals surface area contributed by atoms with Gasteiger partial charge in [-0.05, 0) is 24.4 Å². The molecule has 0 unspecified atom stereocenters. The van der Waals surface area contributed by atoms with E-state index in [9.17, 15) is 4.79 Å². The molecule has 6 nitrogen and oxygen atoms in total. The molecule has 3 aromatic heterocycles. The molecule has 3 aromatic rings. The molecule has 0 aliphatic heterocycles. The van der Waals surface area contributed by atoms with Crippen LogP contribution in [0.25, 0.3) is 22.3 Å². The maximum absolute atomic E-state index is 11.8. The Labute approximate surface area is 125 Å². The summed E-state index contributed by atoms with van der Waals surface area (Å²) in [6, 6.07) is 5.36. The molecule has 21 heavy (non-hydrogen) atoms. The molecule has 0 atom stereocenters. The number of aromatic amines is 2. The fraction of sp³-hybridized carbons (Fsp3) is 0.214. The van der Waals surface area contributed by atoms with Crippen molar-refractivity contribution in [2.24, 2.45) is 0 Å². The van der Waals surface area contributed by atoms with Crippen molar-refractivity contribution < 1.29 is 4.74 Å². The fourth-order valence-electron chi connectivity index (χ4n) is 2.32. The highest BCUT2D eigenvalue weighted by atomic mass is 32.1. The van der Waals surface area contributed by atoms with Crippen molar-refractivity contribution in [2.75, 3.05) is 13.7 Å². The number of ether oxygens (including phenoxy) is 1. The first-order valence-corrected chi connectivity index (χ1v) is 6.87. The van der Waals surface area contributed by atoms with Crippen LogP contribution in [-0.4, -0.2) is 33.2 Å². The second-order valence-electron chi connectivity index (χ2n) is 4.57. The van der Waals surface area contributed by atoms with Gasteiger partial charge in [0.05, 0.1) is 12.3 Å². The average molecular weight is 302 g/mol. The van der Waals surface area contributed by atoms with E-state index in [1.165, 1.54) is 0 Å². The van der Waals surface area contributed by atoms with E-state index in [0.29, 0.717) is 17.9 Å². The highest BCUT2D eigenvalue weighted by Crippen LogP contribution is 2.26. The molecule has 0 spiro atoms. The molecule has 0 amide bonds. The van der Waals surface area contributed by atoms with E-state index in [2.05, 4.69) is 15.0 Å². The lowest BCUT2D eigenvalue weighted by molar-refractivity contribution is 0.187. The van der Waals surface area contributed by atoms with Crippen molar-refractivity contribution in [1.29, 1.82) is 0 Å². The summed E-state index contributed by atoms with van der Waals surface area (Å²) in [5, 5.41) is 0.948. The molecule has 0 aromatic carbocycles. The van der Waals surface area contributed by atoms with Gasteiger partial charge in [0, 0.05) is 43.1 Å². The van der Waals surface area contributed by atoms with Crippen LogP contribution >= 0.6 is 12.2 Å². The van der Waals surface area contributed by atoms with Crippen molar-refractivity contribution in [2.45, 2.75) is 6.54 Å². The summed E-state index contributed by atoms with van der Waals surface area (Å²) in [7, 11) is 1.63. The van der Waals surface area contributed by atoms with Crippen LogP contribution in [0.1, 0.15) is 0 Å². The second kappa shape index (κ2) is 5.63. The Morgan fingerprint density at radius 3 is 3.14 bits per heavy atom. The first-order chi connectivity index (χ1) is 10.2. The maximum Gasteiger partial charge on any atom is 0.252 e. The molecule has 0 aliphatic carbocycles. The van der Waals surface area contributed by atoms with Crippen LogP contribution in [0.5, 0.6) is 0 Å². The molecule has 0 radical (unpaired) electrons. The Kier molecular flexibility index (Phi) is 3.68. The minimum absolute atomic E-state index is 0.220. The number of H-pyrrole nitrogens is 2. The molecule has 0 saturated carbocycles. The van der Waals surface area contributed by atoms with Crippen molar-refractivity contribution >= 4 is 23.3 Å². The molecule has 3 heterocycles. The van der Waals surface area contributed by atoms with Gasteiger partial charge >= 0.3 is 0 Å². The molecule has 3 rings (SSSR count). The number of fused-ring (bicyclic) bond motifs is 1. The van der Waals surface area contributed by atoms with Crippen LogP contribution < -0.4 is 5.56 Å². The van der Waals surface area contributed by atoms with E-state index < -0.39 is 0 Å². The maximum atomic E-state index is 11.8. The normalized spacial score (nSPS) is 11.1. The van der Waals surface area contributed by atoms with Crippen LogP contribution in [-0.2, 0) is 11.3 Å². The summed E-state index contributed by atoms with van der Waals surface area (Å²) in [5.41, 5.74) is 2.20. The van der Waals surface area contributed by atoms with Crippen molar-refractivity contribution in [1.82, 2.24) is 19.5 Å². The molecule has 2 N–H and O–H groups in total. The van der Waals surface area contributed by atoms with Gasteiger partial charge in [-0.15, -0.1) is 0 Å². The van der Waals surface area contributed by atoms with Crippen molar-refractivity contribution in [3.05, 3.63) is 45.7 Å². The van der Waals surface area contributed by atoms with E-state index in [1.54, 1.807) is 19.4 Å². The number of aromatic nitrogens is 4. The van der Waals surface area contributed by atoms with Gasteiger partial charge in [0.2, 0.25) is 0 Å². The van der Waals surface area contributed by atoms with Gasteiger partial charge in [0.1, 0.15) is 5.65 Å². The summed E-state index contributed by atoms with van der Waals surface area (Å²) in [5.74, 6) is 0. The minimum Gasteiger partial charge on any atom is -0.383 e. The van der Waals surface area contributed by atoms with Crippen LogP contribution in [0.2, 0.25) is 0 Å². The van der Waals surface area contributed by atoms with Crippen LogP contribution in [0.15, 0.2) is 35.4 Å². The van der Waals surface area contributed by atoms with Crippen LogP contribution in [0.3, 0.4) is 0 Å². The second-order valence-corrected chi connectivity index (χ2v) is 4.96. The van der Waals surface area contributed by atoms with Gasteiger partial charge in [-0.25, -0.2) is 4.98 Å².